The van der Waals surface area contributed by atoms with E-state index in [-0.39, 0.29) is 24.4 Å². The molecule has 3 N–H and O–H groups in total. The molecule has 0 amide bonds. The van der Waals surface area contributed by atoms with Crippen LogP contribution in [0.25, 0.3) is 0 Å². The molecule has 1 rings (SSSR count). The van der Waals surface area contributed by atoms with E-state index in [0.29, 0.717) is 0 Å². The molecule has 0 heterocycles. The number of nitrogens with zero attached hydrogens (tertiary/aromatic N) is 1. The van der Waals surface area contributed by atoms with Crippen LogP contribution in [-0.4, -0.2) is 28.6 Å². The van der Waals surface area contributed by atoms with Crippen molar-refractivity contribution in [1.82, 2.24) is 0 Å². The molecule has 0 bridgehead atoms. The average molecular weight is 240 g/mol. The van der Waals surface area contributed by atoms with Gasteiger partial charge < -0.3 is 15.6 Å². The van der Waals surface area contributed by atoms with Crippen LogP contribution in [0.15, 0.2) is 24.3 Å². The monoisotopic (exact) mass is 240 g/mol. The first-order chi connectivity index (χ1) is 8.04. The minimum absolute atomic E-state index is 0.0805. The number of carboxylic acid groups (broad SMARTS) is 1. The predicted molar refractivity (Wildman–Crippen MR) is 58.8 cm³/mol. The summed E-state index contributed by atoms with van der Waals surface area (Å²) in [5, 5.41) is 19.2. The summed E-state index contributed by atoms with van der Waals surface area (Å²) in [5.74, 6) is -0.856. The van der Waals surface area contributed by atoms with Crippen molar-refractivity contribution in [2.24, 2.45) is 5.73 Å². The van der Waals surface area contributed by atoms with Crippen LogP contribution in [0.2, 0.25) is 0 Å². The smallest absolute Gasteiger partial charge is 0.344 e. The third kappa shape index (κ3) is 3.72. The van der Waals surface area contributed by atoms with Crippen LogP contribution >= 0.6 is 0 Å². The van der Waals surface area contributed by atoms with Crippen molar-refractivity contribution in [2.75, 3.05) is 6.54 Å². The summed E-state index contributed by atoms with van der Waals surface area (Å²) >= 11 is 0. The SMILES string of the molecule is NCCC(Oc1ccc([N+](=O)[O-])cc1)C(=O)O. The molecular formula is C10H12N2O5. The number of hydrogen-bond donors (Lipinski definition) is 2. The second-order valence-electron chi connectivity index (χ2n) is 3.27. The summed E-state index contributed by atoms with van der Waals surface area (Å²) in [4.78, 5) is 20.6. The molecule has 0 radical (unpaired) electrons. The van der Waals surface area contributed by atoms with E-state index in [2.05, 4.69) is 0 Å². The number of benzene rings is 1. The topological polar surface area (TPSA) is 116 Å². The number of non-ortho nitro benzene ring substituents is 1. The standard InChI is InChI=1S/C10H12N2O5/c11-6-5-9(10(13)14)17-8-3-1-7(2-4-8)12(15)16/h1-4,9H,5-6,11H2,(H,13,14). The molecule has 0 fully saturated rings. The van der Waals surface area contributed by atoms with Crippen LogP contribution < -0.4 is 10.5 Å². The Morgan fingerprint density at radius 1 is 1.47 bits per heavy atom. The highest BCUT2D eigenvalue weighted by Gasteiger charge is 2.18. The van der Waals surface area contributed by atoms with Crippen LogP contribution in [0.4, 0.5) is 5.69 Å². The lowest BCUT2D eigenvalue weighted by molar-refractivity contribution is -0.384. The zero-order valence-corrected chi connectivity index (χ0v) is 8.91. The molecule has 17 heavy (non-hydrogen) atoms. The van der Waals surface area contributed by atoms with Crippen molar-refractivity contribution in [3.8, 4) is 5.75 Å². The molecule has 7 heteroatoms. The molecule has 0 spiro atoms. The number of carbonyl (C=O) groups is 1. The first-order valence-electron chi connectivity index (χ1n) is 4.88. The molecule has 1 atom stereocenters. The van der Waals surface area contributed by atoms with Gasteiger partial charge in [-0.05, 0) is 18.7 Å². The van der Waals surface area contributed by atoms with Gasteiger partial charge in [-0.25, -0.2) is 4.79 Å². The Morgan fingerprint density at radius 2 is 2.06 bits per heavy atom. The van der Waals surface area contributed by atoms with E-state index in [1.165, 1.54) is 24.3 Å². The Labute approximate surface area is 97.0 Å². The maximum Gasteiger partial charge on any atom is 0.344 e. The minimum Gasteiger partial charge on any atom is -0.479 e. The first kappa shape index (κ1) is 12.9. The fraction of sp³-hybridized carbons (Fsp3) is 0.300. The molecule has 0 saturated heterocycles. The second-order valence-corrected chi connectivity index (χ2v) is 3.27. The Balaban J connectivity index is 2.73. The summed E-state index contributed by atoms with van der Waals surface area (Å²) in [7, 11) is 0. The van der Waals surface area contributed by atoms with Crippen molar-refractivity contribution >= 4 is 11.7 Å². The number of nitro groups is 1. The number of aliphatic carboxylic acids is 1. The van der Waals surface area contributed by atoms with E-state index in [0.717, 1.165) is 0 Å². The van der Waals surface area contributed by atoms with Gasteiger partial charge in [-0.3, -0.25) is 10.1 Å². The lowest BCUT2D eigenvalue weighted by Gasteiger charge is -2.13. The molecule has 7 nitrogen and oxygen atoms in total. The van der Waals surface area contributed by atoms with E-state index in [1.54, 1.807) is 0 Å². The molecule has 92 valence electrons. The highest BCUT2D eigenvalue weighted by atomic mass is 16.6. The summed E-state index contributed by atoms with van der Waals surface area (Å²) in [6, 6.07) is 5.20. The number of hydrogen-bond acceptors (Lipinski definition) is 5. The molecule has 1 aromatic rings. The van der Waals surface area contributed by atoms with Gasteiger partial charge in [-0.2, -0.15) is 0 Å². The van der Waals surface area contributed by atoms with Crippen molar-refractivity contribution < 1.29 is 19.6 Å². The average Bonchev–Trinajstić information content (AvgIpc) is 2.29. The van der Waals surface area contributed by atoms with Crippen molar-refractivity contribution in [1.29, 1.82) is 0 Å². The number of rotatable bonds is 6. The predicted octanol–water partition coefficient (Wildman–Crippen LogP) is 0.776. The summed E-state index contributed by atoms with van der Waals surface area (Å²) in [6.45, 7) is 0.184. The lowest BCUT2D eigenvalue weighted by atomic mass is 10.2. The highest BCUT2D eigenvalue weighted by molar-refractivity contribution is 5.72. The van der Waals surface area contributed by atoms with Gasteiger partial charge in [-0.1, -0.05) is 0 Å². The molecule has 1 aromatic carbocycles. The maximum absolute atomic E-state index is 10.8. The zero-order chi connectivity index (χ0) is 12.8. The molecular weight excluding hydrogens is 228 g/mol. The van der Waals surface area contributed by atoms with Crippen LogP contribution in [0.1, 0.15) is 6.42 Å². The highest BCUT2D eigenvalue weighted by Crippen LogP contribution is 2.19. The Hall–Kier alpha value is -2.15. The Morgan fingerprint density at radius 3 is 2.47 bits per heavy atom. The Bertz CT molecular complexity index is 404. The minimum atomic E-state index is -1.12. The normalized spacial score (nSPS) is 11.8. The van der Waals surface area contributed by atoms with Gasteiger partial charge in [0, 0.05) is 18.6 Å². The van der Waals surface area contributed by atoms with Crippen LogP contribution in [-0.2, 0) is 4.79 Å². The first-order valence-corrected chi connectivity index (χ1v) is 4.88. The molecule has 0 aliphatic rings. The lowest BCUT2D eigenvalue weighted by Crippen LogP contribution is -2.29. The van der Waals surface area contributed by atoms with Crippen LogP contribution in [0.3, 0.4) is 0 Å². The largest absolute Gasteiger partial charge is 0.479 e. The van der Waals surface area contributed by atoms with E-state index in [1.807, 2.05) is 0 Å². The summed E-state index contributed by atoms with van der Waals surface area (Å²) < 4.78 is 5.15. The van der Waals surface area contributed by atoms with E-state index >= 15 is 0 Å². The summed E-state index contributed by atoms with van der Waals surface area (Å²) in [5.41, 5.74) is 5.17. The quantitative estimate of drug-likeness (QED) is 0.560. The fourth-order valence-corrected chi connectivity index (χ4v) is 1.19. The van der Waals surface area contributed by atoms with E-state index in [9.17, 15) is 14.9 Å². The summed E-state index contributed by atoms with van der Waals surface area (Å²) in [6.07, 6.45) is -0.867. The number of carboxylic acids is 1. The third-order valence-corrected chi connectivity index (χ3v) is 2.03. The van der Waals surface area contributed by atoms with Gasteiger partial charge in [0.2, 0.25) is 0 Å². The van der Waals surface area contributed by atoms with Gasteiger partial charge in [0.05, 0.1) is 4.92 Å². The van der Waals surface area contributed by atoms with Crippen molar-refractivity contribution in [3.05, 3.63) is 34.4 Å². The Kier molecular flexibility index (Phi) is 4.41. The van der Waals surface area contributed by atoms with Crippen LogP contribution in [0.5, 0.6) is 5.75 Å². The molecule has 1 unspecified atom stereocenters. The number of nitrogens with two attached hydrogens (primary N) is 1. The van der Waals surface area contributed by atoms with E-state index < -0.39 is 17.0 Å². The number of nitro benzene ring substituents is 1. The van der Waals surface area contributed by atoms with Gasteiger partial charge in [0.1, 0.15) is 5.75 Å². The van der Waals surface area contributed by atoms with Gasteiger partial charge in [0.15, 0.2) is 6.10 Å². The number of ether oxygens (including phenoxy) is 1. The zero-order valence-electron chi connectivity index (χ0n) is 8.91. The van der Waals surface area contributed by atoms with Gasteiger partial charge in [0.25, 0.3) is 5.69 Å². The maximum atomic E-state index is 10.8. The van der Waals surface area contributed by atoms with Crippen LogP contribution in [0, 0.1) is 10.1 Å². The molecule has 0 saturated carbocycles. The van der Waals surface area contributed by atoms with Gasteiger partial charge in [-0.15, -0.1) is 0 Å². The third-order valence-electron chi connectivity index (χ3n) is 2.03. The molecule has 0 aromatic heterocycles. The second kappa shape index (κ2) is 5.80. The molecule has 0 aliphatic heterocycles. The van der Waals surface area contributed by atoms with Crippen molar-refractivity contribution in [2.45, 2.75) is 12.5 Å². The van der Waals surface area contributed by atoms with Crippen molar-refractivity contribution in [3.63, 3.8) is 0 Å². The fourth-order valence-electron chi connectivity index (χ4n) is 1.19. The van der Waals surface area contributed by atoms with Gasteiger partial charge >= 0.3 is 5.97 Å². The van der Waals surface area contributed by atoms with E-state index in [4.69, 9.17) is 15.6 Å². The molecule has 0 aliphatic carbocycles.